The van der Waals surface area contributed by atoms with Crippen molar-refractivity contribution in [1.82, 2.24) is 4.98 Å². The van der Waals surface area contributed by atoms with E-state index in [0.29, 0.717) is 22.6 Å². The molecule has 3 rings (SSSR count). The minimum Gasteiger partial charge on any atom is -0.484 e. The number of carbonyl (C=O) groups is 1. The molecule has 0 atom stereocenters. The third-order valence-corrected chi connectivity index (χ3v) is 3.34. The van der Waals surface area contributed by atoms with E-state index in [1.54, 1.807) is 24.3 Å². The van der Waals surface area contributed by atoms with Gasteiger partial charge in [0.25, 0.3) is 0 Å². The average molecular weight is 350 g/mol. The van der Waals surface area contributed by atoms with E-state index in [-0.39, 0.29) is 12.2 Å². The van der Waals surface area contributed by atoms with E-state index < -0.39 is 18.7 Å². The number of primary amides is 1. The number of carbonyl (C=O) groups excluding carboxylic acids is 1. The van der Waals surface area contributed by atoms with Gasteiger partial charge >= 0.3 is 6.18 Å². The molecule has 8 heteroatoms. The average Bonchev–Trinajstić information content (AvgIpc) is 2.95. The second-order valence-electron chi connectivity index (χ2n) is 5.39. The highest BCUT2D eigenvalue weighted by Crippen LogP contribution is 2.28. The van der Waals surface area contributed by atoms with Crippen LogP contribution in [0.2, 0.25) is 0 Å². The first kappa shape index (κ1) is 16.8. The smallest absolute Gasteiger partial charge is 0.422 e. The predicted molar refractivity (Wildman–Crippen MR) is 83.9 cm³/mol. The Morgan fingerprint density at radius 1 is 1.16 bits per heavy atom. The summed E-state index contributed by atoms with van der Waals surface area (Å²) in [6, 6.07) is 11.2. The van der Waals surface area contributed by atoms with Crippen LogP contribution in [0, 0.1) is 0 Å². The molecule has 130 valence electrons. The Bertz CT molecular complexity index is 902. The van der Waals surface area contributed by atoms with Crippen molar-refractivity contribution in [3.63, 3.8) is 0 Å². The lowest BCUT2D eigenvalue weighted by Crippen LogP contribution is -2.19. The molecular weight excluding hydrogens is 337 g/mol. The summed E-state index contributed by atoms with van der Waals surface area (Å²) in [6.45, 7) is -1.37. The Kier molecular flexibility index (Phi) is 4.35. The van der Waals surface area contributed by atoms with Crippen molar-refractivity contribution in [1.29, 1.82) is 0 Å². The number of benzene rings is 2. The van der Waals surface area contributed by atoms with Crippen molar-refractivity contribution in [2.75, 3.05) is 6.61 Å². The Hall–Kier alpha value is -3.03. The van der Waals surface area contributed by atoms with E-state index >= 15 is 0 Å². The number of hydrogen-bond acceptors (Lipinski definition) is 4. The van der Waals surface area contributed by atoms with Crippen molar-refractivity contribution >= 4 is 17.0 Å². The first-order chi connectivity index (χ1) is 11.8. The number of amides is 1. The Labute approximate surface area is 140 Å². The Balaban J connectivity index is 1.82. The molecule has 0 bridgehead atoms. The van der Waals surface area contributed by atoms with E-state index in [4.69, 9.17) is 14.9 Å². The number of alkyl halides is 3. The third kappa shape index (κ3) is 4.28. The zero-order chi connectivity index (χ0) is 18.0. The van der Waals surface area contributed by atoms with Gasteiger partial charge in [-0.05, 0) is 29.8 Å². The van der Waals surface area contributed by atoms with E-state index in [9.17, 15) is 18.0 Å². The van der Waals surface area contributed by atoms with Crippen molar-refractivity contribution in [2.24, 2.45) is 5.73 Å². The normalized spacial score (nSPS) is 11.6. The summed E-state index contributed by atoms with van der Waals surface area (Å²) in [5.41, 5.74) is 7.38. The van der Waals surface area contributed by atoms with Crippen LogP contribution in [0.15, 0.2) is 46.9 Å². The highest BCUT2D eigenvalue weighted by Gasteiger charge is 2.28. The van der Waals surface area contributed by atoms with Crippen molar-refractivity contribution in [3.8, 4) is 17.2 Å². The van der Waals surface area contributed by atoms with Gasteiger partial charge in [-0.2, -0.15) is 13.2 Å². The largest absolute Gasteiger partial charge is 0.484 e. The van der Waals surface area contributed by atoms with E-state index in [1.807, 2.05) is 0 Å². The summed E-state index contributed by atoms with van der Waals surface area (Å²) < 4.78 is 46.9. The topological polar surface area (TPSA) is 78.4 Å². The van der Waals surface area contributed by atoms with Crippen LogP contribution in [-0.2, 0) is 11.2 Å². The first-order valence-corrected chi connectivity index (χ1v) is 7.28. The molecule has 0 aliphatic heterocycles. The molecular formula is C17H13F3N2O3. The molecule has 1 amide bonds. The van der Waals surface area contributed by atoms with Crippen LogP contribution < -0.4 is 10.5 Å². The highest BCUT2D eigenvalue weighted by molar-refractivity contribution is 5.78. The van der Waals surface area contributed by atoms with Crippen LogP contribution in [0.4, 0.5) is 13.2 Å². The maximum Gasteiger partial charge on any atom is 0.422 e. The maximum absolute atomic E-state index is 12.2. The fraction of sp³-hybridized carbons (Fsp3) is 0.176. The number of ether oxygens (including phenoxy) is 1. The molecule has 0 aliphatic carbocycles. The molecule has 0 saturated heterocycles. The van der Waals surface area contributed by atoms with E-state index in [1.165, 1.54) is 18.2 Å². The molecule has 5 nitrogen and oxygen atoms in total. The Morgan fingerprint density at radius 3 is 2.52 bits per heavy atom. The summed E-state index contributed by atoms with van der Waals surface area (Å²) in [5, 5.41) is 0. The van der Waals surface area contributed by atoms with Crippen molar-refractivity contribution in [3.05, 3.63) is 48.0 Å². The molecule has 2 N–H and O–H groups in total. The number of nitrogens with two attached hydrogens (primary N) is 1. The number of oxazole rings is 1. The first-order valence-electron chi connectivity index (χ1n) is 7.28. The fourth-order valence-corrected chi connectivity index (χ4v) is 2.25. The molecule has 0 spiro atoms. The fourth-order valence-electron chi connectivity index (χ4n) is 2.25. The van der Waals surface area contributed by atoms with Gasteiger partial charge < -0.3 is 14.9 Å². The minimum atomic E-state index is -4.41. The number of nitrogens with zero attached hydrogens (tertiary/aromatic N) is 1. The second kappa shape index (κ2) is 6.46. The number of rotatable bonds is 5. The van der Waals surface area contributed by atoms with Crippen molar-refractivity contribution in [2.45, 2.75) is 12.6 Å². The predicted octanol–water partition coefficient (Wildman–Crippen LogP) is 3.46. The van der Waals surface area contributed by atoms with Gasteiger partial charge in [0.1, 0.15) is 11.3 Å². The summed E-state index contributed by atoms with van der Waals surface area (Å²) >= 11 is 0. The molecule has 0 unspecified atom stereocenters. The van der Waals surface area contributed by atoms with Gasteiger partial charge in [-0.1, -0.05) is 12.1 Å². The number of aromatic nitrogens is 1. The minimum absolute atomic E-state index is 0.0569. The van der Waals surface area contributed by atoms with Gasteiger partial charge in [0.2, 0.25) is 11.8 Å². The number of fused-ring (bicyclic) bond motifs is 1. The zero-order valence-corrected chi connectivity index (χ0v) is 12.8. The number of hydrogen-bond donors (Lipinski definition) is 1. The molecule has 3 aromatic rings. The van der Waals surface area contributed by atoms with Crippen LogP contribution in [0.1, 0.15) is 5.56 Å². The third-order valence-electron chi connectivity index (χ3n) is 3.34. The maximum atomic E-state index is 12.2. The van der Waals surface area contributed by atoms with Gasteiger partial charge in [-0.3, -0.25) is 4.79 Å². The van der Waals surface area contributed by atoms with Crippen LogP contribution in [-0.4, -0.2) is 23.7 Å². The molecule has 0 saturated carbocycles. The quantitative estimate of drug-likeness (QED) is 0.764. The van der Waals surface area contributed by atoms with Gasteiger partial charge in [0.15, 0.2) is 12.2 Å². The van der Waals surface area contributed by atoms with Crippen LogP contribution in [0.5, 0.6) is 5.75 Å². The highest BCUT2D eigenvalue weighted by atomic mass is 19.4. The lowest BCUT2D eigenvalue weighted by Gasteiger charge is -2.08. The molecule has 1 heterocycles. The van der Waals surface area contributed by atoms with Gasteiger partial charge in [-0.25, -0.2) is 4.98 Å². The SMILES string of the molecule is NC(=O)Cc1ccc(-c2nc3cc(OCC(F)(F)F)ccc3o2)cc1. The molecule has 25 heavy (non-hydrogen) atoms. The Morgan fingerprint density at radius 2 is 1.88 bits per heavy atom. The zero-order valence-electron chi connectivity index (χ0n) is 12.8. The monoisotopic (exact) mass is 350 g/mol. The van der Waals surface area contributed by atoms with Gasteiger partial charge in [0.05, 0.1) is 6.42 Å². The molecule has 2 aromatic carbocycles. The molecule has 0 aliphatic rings. The summed E-state index contributed by atoms with van der Waals surface area (Å²) in [6.07, 6.45) is -4.27. The molecule has 0 radical (unpaired) electrons. The standard InChI is InChI=1S/C17H13F3N2O3/c18-17(19,20)9-24-12-5-6-14-13(8-12)22-16(25-14)11-3-1-10(2-4-11)7-15(21)23/h1-6,8H,7,9H2,(H2,21,23). The van der Waals surface area contributed by atoms with Crippen LogP contribution >= 0.6 is 0 Å². The second-order valence-corrected chi connectivity index (χ2v) is 5.39. The lowest BCUT2D eigenvalue weighted by molar-refractivity contribution is -0.153. The lowest BCUT2D eigenvalue weighted by atomic mass is 10.1. The van der Waals surface area contributed by atoms with Gasteiger partial charge in [-0.15, -0.1) is 0 Å². The molecule has 0 fully saturated rings. The van der Waals surface area contributed by atoms with E-state index in [2.05, 4.69) is 4.98 Å². The van der Waals surface area contributed by atoms with Gasteiger partial charge in [0, 0.05) is 11.6 Å². The molecule has 1 aromatic heterocycles. The van der Waals surface area contributed by atoms with Crippen LogP contribution in [0.25, 0.3) is 22.6 Å². The summed E-state index contributed by atoms with van der Waals surface area (Å²) in [5.74, 6) is -0.0592. The summed E-state index contributed by atoms with van der Waals surface area (Å²) in [7, 11) is 0. The number of halogens is 3. The summed E-state index contributed by atoms with van der Waals surface area (Å²) in [4.78, 5) is 15.2. The van der Waals surface area contributed by atoms with Crippen LogP contribution in [0.3, 0.4) is 0 Å². The van der Waals surface area contributed by atoms with Crippen molar-refractivity contribution < 1.29 is 27.1 Å². The van der Waals surface area contributed by atoms with E-state index in [0.717, 1.165) is 5.56 Å².